The fraction of sp³-hybridized carbons (Fsp3) is 0.625. The van der Waals surface area contributed by atoms with Gasteiger partial charge in [0.05, 0.1) is 13.2 Å². The SMILES string of the molecule is Cc1cc(N(C)C)nc(C2CCN(C(=O)CCc3ccc4c(c3)CN(C(C)C)CC(=O)NCCCCCO4)CC2)n1. The highest BCUT2D eigenvalue weighted by molar-refractivity contribution is 5.78. The van der Waals surface area contributed by atoms with Crippen LogP contribution in [0, 0.1) is 6.92 Å². The highest BCUT2D eigenvalue weighted by Gasteiger charge is 2.26. The molecule has 0 atom stereocenters. The number of hydrogen-bond donors (Lipinski definition) is 1. The van der Waals surface area contributed by atoms with E-state index in [1.807, 2.05) is 43.0 Å². The Hall–Kier alpha value is -3.20. The molecule has 0 unspecified atom stereocenters. The molecule has 224 valence electrons. The van der Waals surface area contributed by atoms with Crippen LogP contribution in [0.1, 0.15) is 80.9 Å². The minimum absolute atomic E-state index is 0.0676. The van der Waals surface area contributed by atoms with Gasteiger partial charge in [-0.3, -0.25) is 14.5 Å². The van der Waals surface area contributed by atoms with Gasteiger partial charge in [0.15, 0.2) is 0 Å². The first kappa shape index (κ1) is 30.8. The number of rotatable bonds is 6. The Kier molecular flexibility index (Phi) is 11.0. The maximum atomic E-state index is 13.2. The largest absolute Gasteiger partial charge is 0.493 e. The lowest BCUT2D eigenvalue weighted by Gasteiger charge is -2.32. The van der Waals surface area contributed by atoms with Gasteiger partial charge in [-0.15, -0.1) is 0 Å². The number of aromatic nitrogens is 2. The second kappa shape index (κ2) is 14.6. The predicted octanol–water partition coefficient (Wildman–Crippen LogP) is 4.08. The zero-order chi connectivity index (χ0) is 29.4. The minimum Gasteiger partial charge on any atom is -0.493 e. The summed E-state index contributed by atoms with van der Waals surface area (Å²) in [6.45, 7) is 10.1. The fourth-order valence-corrected chi connectivity index (χ4v) is 5.53. The number of hydrogen-bond acceptors (Lipinski definition) is 7. The van der Waals surface area contributed by atoms with Crippen molar-refractivity contribution >= 4 is 17.6 Å². The summed E-state index contributed by atoms with van der Waals surface area (Å²) >= 11 is 0. The summed E-state index contributed by atoms with van der Waals surface area (Å²) in [6.07, 6.45) is 5.88. The van der Waals surface area contributed by atoms with E-state index in [1.165, 1.54) is 0 Å². The van der Waals surface area contributed by atoms with Crippen LogP contribution in [-0.4, -0.2) is 84.5 Å². The number of benzene rings is 1. The molecular formula is C32H48N6O3. The summed E-state index contributed by atoms with van der Waals surface area (Å²) in [4.78, 5) is 41.4. The molecule has 0 radical (unpaired) electrons. The summed E-state index contributed by atoms with van der Waals surface area (Å²) < 4.78 is 6.19. The molecule has 0 bridgehead atoms. The van der Waals surface area contributed by atoms with Gasteiger partial charge in [-0.05, 0) is 70.9 Å². The highest BCUT2D eigenvalue weighted by Crippen LogP contribution is 2.28. The third kappa shape index (κ3) is 8.89. The first-order valence-electron chi connectivity index (χ1n) is 15.3. The lowest BCUT2D eigenvalue weighted by molar-refractivity contribution is -0.132. The average Bonchev–Trinajstić information content (AvgIpc) is 2.96. The Morgan fingerprint density at radius 1 is 1.10 bits per heavy atom. The molecule has 9 nitrogen and oxygen atoms in total. The van der Waals surface area contributed by atoms with Crippen molar-refractivity contribution in [3.8, 4) is 5.75 Å². The van der Waals surface area contributed by atoms with Crippen LogP contribution < -0.4 is 15.0 Å². The van der Waals surface area contributed by atoms with Crippen LogP contribution in [0.2, 0.25) is 0 Å². The van der Waals surface area contributed by atoms with Crippen LogP contribution in [0.25, 0.3) is 0 Å². The van der Waals surface area contributed by atoms with Gasteiger partial charge in [0.25, 0.3) is 0 Å². The van der Waals surface area contributed by atoms with Crippen LogP contribution in [-0.2, 0) is 22.6 Å². The molecule has 4 rings (SSSR count). The van der Waals surface area contributed by atoms with Crippen molar-refractivity contribution in [2.75, 3.05) is 51.8 Å². The molecule has 2 aromatic rings. The Morgan fingerprint density at radius 2 is 1.88 bits per heavy atom. The van der Waals surface area contributed by atoms with Gasteiger partial charge in [0, 0.05) is 76.0 Å². The van der Waals surface area contributed by atoms with E-state index in [4.69, 9.17) is 14.7 Å². The molecule has 2 amide bonds. The number of nitrogens with one attached hydrogen (secondary N) is 1. The Labute approximate surface area is 245 Å². The van der Waals surface area contributed by atoms with Crippen LogP contribution in [0.5, 0.6) is 5.75 Å². The summed E-state index contributed by atoms with van der Waals surface area (Å²) in [5.41, 5.74) is 3.18. The molecule has 3 heterocycles. The molecule has 41 heavy (non-hydrogen) atoms. The molecule has 1 saturated heterocycles. The third-order valence-corrected chi connectivity index (χ3v) is 8.13. The van der Waals surface area contributed by atoms with Crippen molar-refractivity contribution in [1.82, 2.24) is 25.1 Å². The van der Waals surface area contributed by atoms with Crippen molar-refractivity contribution in [1.29, 1.82) is 0 Å². The normalized spacial score (nSPS) is 18.0. The maximum absolute atomic E-state index is 13.2. The number of carbonyl (C=O) groups excluding carboxylic acids is 2. The molecule has 0 aliphatic carbocycles. The summed E-state index contributed by atoms with van der Waals surface area (Å²) in [6, 6.07) is 8.51. The molecule has 0 saturated carbocycles. The number of nitrogens with zero attached hydrogens (tertiary/aromatic N) is 5. The van der Waals surface area contributed by atoms with Crippen molar-refractivity contribution in [3.63, 3.8) is 0 Å². The maximum Gasteiger partial charge on any atom is 0.234 e. The van der Waals surface area contributed by atoms with E-state index >= 15 is 0 Å². The first-order chi connectivity index (χ1) is 19.7. The molecular weight excluding hydrogens is 516 g/mol. The van der Waals surface area contributed by atoms with E-state index in [0.29, 0.717) is 39.1 Å². The fourth-order valence-electron chi connectivity index (χ4n) is 5.53. The Bertz CT molecular complexity index is 1180. The second-order valence-electron chi connectivity index (χ2n) is 12.0. The second-order valence-corrected chi connectivity index (χ2v) is 12.0. The van der Waals surface area contributed by atoms with Crippen LogP contribution >= 0.6 is 0 Å². The standard InChI is InChI=1S/C32H48N6O3/c1-23(2)38-21-27-20-25(9-11-28(27)41-18-8-6-7-15-33-30(39)22-38)10-12-31(40)37-16-13-26(14-17-37)32-34-24(3)19-29(35-32)36(4)5/h9,11,19-20,23,26H,6-8,10,12-18,21-22H2,1-5H3,(H,33,39). The first-order valence-corrected chi connectivity index (χ1v) is 15.3. The Balaban J connectivity index is 1.37. The highest BCUT2D eigenvalue weighted by atomic mass is 16.5. The van der Waals surface area contributed by atoms with Gasteiger partial charge in [-0.2, -0.15) is 0 Å². The van der Waals surface area contributed by atoms with Gasteiger partial charge in [-0.1, -0.05) is 12.1 Å². The summed E-state index contributed by atoms with van der Waals surface area (Å²) in [5, 5.41) is 3.05. The smallest absolute Gasteiger partial charge is 0.234 e. The molecule has 9 heteroatoms. The Morgan fingerprint density at radius 3 is 2.61 bits per heavy atom. The van der Waals surface area contributed by atoms with Gasteiger partial charge < -0.3 is 19.9 Å². The van der Waals surface area contributed by atoms with Gasteiger partial charge in [0.1, 0.15) is 17.4 Å². The van der Waals surface area contributed by atoms with E-state index in [2.05, 4.69) is 36.2 Å². The molecule has 1 aromatic heterocycles. The number of anilines is 1. The van der Waals surface area contributed by atoms with E-state index in [0.717, 1.165) is 79.4 Å². The summed E-state index contributed by atoms with van der Waals surface area (Å²) in [7, 11) is 3.99. The van der Waals surface area contributed by atoms with E-state index in [-0.39, 0.29) is 23.8 Å². The third-order valence-electron chi connectivity index (χ3n) is 8.13. The molecule has 1 N–H and O–H groups in total. The molecule has 2 aliphatic heterocycles. The number of piperidine rings is 1. The number of aryl methyl sites for hydroxylation is 2. The lowest BCUT2D eigenvalue weighted by Crippen LogP contribution is -2.40. The zero-order valence-corrected chi connectivity index (χ0v) is 25.6. The number of likely N-dealkylation sites (tertiary alicyclic amines) is 1. The van der Waals surface area contributed by atoms with Crippen LogP contribution in [0.15, 0.2) is 24.3 Å². The average molecular weight is 565 g/mol. The number of fused-ring (bicyclic) bond motifs is 1. The van der Waals surface area contributed by atoms with Crippen molar-refractivity contribution in [3.05, 3.63) is 46.9 Å². The number of amides is 2. The molecule has 0 spiro atoms. The van der Waals surface area contributed by atoms with Gasteiger partial charge in [0.2, 0.25) is 11.8 Å². The molecule has 2 aliphatic rings. The van der Waals surface area contributed by atoms with Crippen LogP contribution in [0.4, 0.5) is 5.82 Å². The summed E-state index contributed by atoms with van der Waals surface area (Å²) in [5.74, 6) is 3.25. The number of ether oxygens (including phenoxy) is 1. The van der Waals surface area contributed by atoms with E-state index < -0.39 is 0 Å². The van der Waals surface area contributed by atoms with E-state index in [1.54, 1.807) is 0 Å². The molecule has 1 fully saturated rings. The van der Waals surface area contributed by atoms with Crippen molar-refractivity contribution in [2.45, 2.75) is 84.2 Å². The molecule has 1 aromatic carbocycles. The predicted molar refractivity (Wildman–Crippen MR) is 162 cm³/mol. The lowest BCUT2D eigenvalue weighted by atomic mass is 9.95. The minimum atomic E-state index is 0.0676. The number of carbonyl (C=O) groups is 2. The van der Waals surface area contributed by atoms with E-state index in [9.17, 15) is 9.59 Å². The topological polar surface area (TPSA) is 90.9 Å². The van der Waals surface area contributed by atoms with Gasteiger partial charge >= 0.3 is 0 Å². The van der Waals surface area contributed by atoms with Crippen molar-refractivity contribution < 1.29 is 14.3 Å². The van der Waals surface area contributed by atoms with Gasteiger partial charge in [-0.25, -0.2) is 9.97 Å². The van der Waals surface area contributed by atoms with Crippen molar-refractivity contribution in [2.24, 2.45) is 0 Å². The monoisotopic (exact) mass is 564 g/mol. The zero-order valence-electron chi connectivity index (χ0n) is 25.6. The quantitative estimate of drug-likeness (QED) is 0.566. The van der Waals surface area contributed by atoms with Crippen LogP contribution in [0.3, 0.4) is 0 Å².